The molecule has 52 valence electrons. The number of unbranched alkanes of at least 4 members (excludes halogenated alkanes) is 1. The third-order valence-electron chi connectivity index (χ3n) is 1.01. The first-order valence-electron chi connectivity index (χ1n) is 2.95. The summed E-state index contributed by atoms with van der Waals surface area (Å²) in [5.41, 5.74) is 0. The molecule has 0 aliphatic carbocycles. The van der Waals surface area contributed by atoms with Crippen LogP contribution in [0.25, 0.3) is 0 Å². The molecule has 0 amide bonds. The quantitative estimate of drug-likeness (QED) is 0.416. The summed E-state index contributed by atoms with van der Waals surface area (Å²) in [5.74, 6) is 0. The van der Waals surface area contributed by atoms with Gasteiger partial charge in [-0.1, -0.05) is 15.9 Å². The van der Waals surface area contributed by atoms with Gasteiger partial charge >= 0.3 is 0 Å². The third-order valence-corrected chi connectivity index (χ3v) is 1.57. The Balaban J connectivity index is 2.99. The molecule has 1 atom stereocenters. The molecule has 0 fully saturated rings. The predicted molar refractivity (Wildman–Crippen MR) is 39.3 cm³/mol. The van der Waals surface area contributed by atoms with Crippen molar-refractivity contribution in [2.75, 3.05) is 5.33 Å². The summed E-state index contributed by atoms with van der Waals surface area (Å²) in [6.07, 6.45) is 1.78. The van der Waals surface area contributed by atoms with Gasteiger partial charge in [-0.2, -0.15) is 5.26 Å². The summed E-state index contributed by atoms with van der Waals surface area (Å²) < 4.78 is 0. The van der Waals surface area contributed by atoms with Crippen molar-refractivity contribution < 1.29 is 5.11 Å². The van der Waals surface area contributed by atoms with E-state index in [4.69, 9.17) is 10.4 Å². The van der Waals surface area contributed by atoms with Crippen molar-refractivity contribution in [1.29, 1.82) is 5.26 Å². The number of rotatable bonds is 4. The van der Waals surface area contributed by atoms with Gasteiger partial charge in [0, 0.05) is 5.33 Å². The Bertz CT molecular complexity index is 99.7. The summed E-state index contributed by atoms with van der Waals surface area (Å²) in [6, 6.07) is 1.76. The van der Waals surface area contributed by atoms with E-state index in [2.05, 4.69) is 15.9 Å². The Kier molecular flexibility index (Phi) is 6.01. The molecule has 0 aromatic heterocycles. The Morgan fingerprint density at radius 3 is 2.67 bits per heavy atom. The smallest absolute Gasteiger partial charge is 0.140 e. The molecule has 9 heavy (non-hydrogen) atoms. The minimum Gasteiger partial charge on any atom is -0.378 e. The van der Waals surface area contributed by atoms with Crippen LogP contribution < -0.4 is 0 Å². The van der Waals surface area contributed by atoms with E-state index in [1.807, 2.05) is 0 Å². The monoisotopic (exact) mass is 191 g/mol. The molecule has 0 aliphatic heterocycles. The second-order valence-corrected chi connectivity index (χ2v) is 2.62. The number of aliphatic hydroxyl groups is 1. The zero-order valence-electron chi connectivity index (χ0n) is 5.18. The molecule has 0 saturated heterocycles. The molecule has 3 heteroatoms. The maximum Gasteiger partial charge on any atom is 0.140 e. The Morgan fingerprint density at radius 2 is 2.22 bits per heavy atom. The average molecular weight is 192 g/mol. The molecule has 0 bridgehead atoms. The highest BCUT2D eigenvalue weighted by molar-refractivity contribution is 9.09. The van der Waals surface area contributed by atoms with Gasteiger partial charge in [-0.05, 0) is 19.3 Å². The maximum atomic E-state index is 8.71. The molecule has 1 unspecified atom stereocenters. The number of hydrogen-bond acceptors (Lipinski definition) is 2. The predicted octanol–water partition coefficient (Wildman–Crippen LogP) is 1.44. The van der Waals surface area contributed by atoms with Crippen molar-refractivity contribution in [3.05, 3.63) is 0 Å². The van der Waals surface area contributed by atoms with Gasteiger partial charge in [0.15, 0.2) is 0 Å². The van der Waals surface area contributed by atoms with Gasteiger partial charge < -0.3 is 5.11 Å². The van der Waals surface area contributed by atoms with E-state index in [0.717, 1.165) is 18.2 Å². The molecule has 0 rings (SSSR count). The largest absolute Gasteiger partial charge is 0.378 e. The lowest BCUT2D eigenvalue weighted by atomic mass is 10.2. The molecule has 0 aromatic carbocycles. The van der Waals surface area contributed by atoms with Crippen LogP contribution in [-0.4, -0.2) is 16.5 Å². The van der Waals surface area contributed by atoms with Gasteiger partial charge in [-0.25, -0.2) is 0 Å². The van der Waals surface area contributed by atoms with Crippen molar-refractivity contribution >= 4 is 15.9 Å². The summed E-state index contributed by atoms with van der Waals surface area (Å²) in [5, 5.41) is 17.8. The van der Waals surface area contributed by atoms with Crippen molar-refractivity contribution in [2.24, 2.45) is 0 Å². The van der Waals surface area contributed by atoms with E-state index in [1.165, 1.54) is 0 Å². The highest BCUT2D eigenvalue weighted by Crippen LogP contribution is 2.01. The van der Waals surface area contributed by atoms with Gasteiger partial charge in [0.25, 0.3) is 0 Å². The van der Waals surface area contributed by atoms with Crippen LogP contribution >= 0.6 is 15.9 Å². The number of aliphatic hydroxyl groups excluding tert-OH is 1. The van der Waals surface area contributed by atoms with Crippen molar-refractivity contribution in [3.63, 3.8) is 0 Å². The molecule has 2 nitrogen and oxygen atoms in total. The van der Waals surface area contributed by atoms with E-state index in [9.17, 15) is 0 Å². The third kappa shape index (κ3) is 5.81. The number of nitriles is 1. The fourth-order valence-corrected chi connectivity index (χ4v) is 0.893. The van der Waals surface area contributed by atoms with Gasteiger partial charge in [-0.3, -0.25) is 0 Å². The van der Waals surface area contributed by atoms with Crippen LogP contribution in [0.1, 0.15) is 19.3 Å². The normalized spacial score (nSPS) is 12.6. The summed E-state index contributed by atoms with van der Waals surface area (Å²) in [7, 11) is 0. The molecule has 0 saturated carbocycles. The van der Waals surface area contributed by atoms with Crippen molar-refractivity contribution in [3.8, 4) is 6.07 Å². The lowest BCUT2D eigenvalue weighted by Crippen LogP contribution is -2.01. The summed E-state index contributed by atoms with van der Waals surface area (Å²) >= 11 is 3.26. The highest BCUT2D eigenvalue weighted by atomic mass is 79.9. The summed E-state index contributed by atoms with van der Waals surface area (Å²) in [4.78, 5) is 0. The SMILES string of the molecule is N#CC(O)CCCCBr. The first kappa shape index (κ1) is 8.93. The Hall–Kier alpha value is -0.0700. The van der Waals surface area contributed by atoms with Gasteiger partial charge in [0.2, 0.25) is 0 Å². The minimum atomic E-state index is -0.760. The maximum absolute atomic E-state index is 8.71. The first-order chi connectivity index (χ1) is 4.31. The van der Waals surface area contributed by atoms with Gasteiger partial charge in [0.05, 0.1) is 6.07 Å². The number of nitrogens with zero attached hydrogens (tertiary/aromatic N) is 1. The molecule has 0 radical (unpaired) electrons. The van der Waals surface area contributed by atoms with Crippen LogP contribution in [0.3, 0.4) is 0 Å². The Labute approximate surface area is 63.6 Å². The van der Waals surface area contributed by atoms with Gasteiger partial charge in [0.1, 0.15) is 6.10 Å². The summed E-state index contributed by atoms with van der Waals surface area (Å²) in [6.45, 7) is 0. The van der Waals surface area contributed by atoms with Crippen LogP contribution in [0, 0.1) is 11.3 Å². The van der Waals surface area contributed by atoms with Crippen molar-refractivity contribution in [1.82, 2.24) is 0 Å². The molecule has 1 N–H and O–H groups in total. The second-order valence-electron chi connectivity index (χ2n) is 1.83. The topological polar surface area (TPSA) is 44.0 Å². The lowest BCUT2D eigenvalue weighted by molar-refractivity contribution is 0.216. The van der Waals surface area contributed by atoms with E-state index >= 15 is 0 Å². The zero-order chi connectivity index (χ0) is 7.11. The first-order valence-corrected chi connectivity index (χ1v) is 4.07. The lowest BCUT2D eigenvalue weighted by Gasteiger charge is -1.97. The number of hydrogen-bond donors (Lipinski definition) is 1. The van der Waals surface area contributed by atoms with E-state index in [1.54, 1.807) is 6.07 Å². The standard InChI is InChI=1S/C6H10BrNO/c7-4-2-1-3-6(9)5-8/h6,9H,1-4H2. The van der Waals surface area contributed by atoms with E-state index < -0.39 is 6.10 Å². The van der Waals surface area contributed by atoms with Crippen LogP contribution in [0.15, 0.2) is 0 Å². The van der Waals surface area contributed by atoms with E-state index in [-0.39, 0.29) is 0 Å². The molecule has 0 aliphatic rings. The second kappa shape index (κ2) is 6.06. The molecular weight excluding hydrogens is 182 g/mol. The number of halogens is 1. The zero-order valence-corrected chi connectivity index (χ0v) is 6.76. The molecule has 0 heterocycles. The van der Waals surface area contributed by atoms with Crippen molar-refractivity contribution in [2.45, 2.75) is 25.4 Å². The average Bonchev–Trinajstić information content (AvgIpc) is 1.89. The van der Waals surface area contributed by atoms with Crippen LogP contribution in [-0.2, 0) is 0 Å². The number of alkyl halides is 1. The molecule has 0 spiro atoms. The van der Waals surface area contributed by atoms with E-state index in [0.29, 0.717) is 6.42 Å². The highest BCUT2D eigenvalue weighted by Gasteiger charge is 1.98. The fraction of sp³-hybridized carbons (Fsp3) is 0.833. The molecular formula is C6H10BrNO. The van der Waals surface area contributed by atoms with Gasteiger partial charge in [-0.15, -0.1) is 0 Å². The Morgan fingerprint density at radius 1 is 1.56 bits per heavy atom. The molecule has 0 aromatic rings. The fourth-order valence-electron chi connectivity index (χ4n) is 0.497. The van der Waals surface area contributed by atoms with Crippen LogP contribution in [0.2, 0.25) is 0 Å². The van der Waals surface area contributed by atoms with Crippen LogP contribution in [0.5, 0.6) is 0 Å². The van der Waals surface area contributed by atoms with Crippen LogP contribution in [0.4, 0.5) is 0 Å². The minimum absolute atomic E-state index is 0.599.